The Morgan fingerprint density at radius 2 is 1.73 bits per heavy atom. The number of aryl methyl sites for hydroxylation is 1. The van der Waals surface area contributed by atoms with Crippen LogP contribution in [0.15, 0.2) is 36.4 Å². The molecule has 1 aromatic rings. The molecule has 3 heteroatoms. The van der Waals surface area contributed by atoms with E-state index in [1.165, 1.54) is 12.0 Å². The van der Waals surface area contributed by atoms with Crippen molar-refractivity contribution in [1.82, 2.24) is 0 Å². The Hall–Kier alpha value is -1.22. The predicted octanol–water partition coefficient (Wildman–Crippen LogP) is 6.95. The van der Waals surface area contributed by atoms with Crippen molar-refractivity contribution in [3.63, 3.8) is 0 Å². The van der Waals surface area contributed by atoms with Crippen LogP contribution >= 0.6 is 0 Å². The Bertz CT molecular complexity index is 516. The third kappa shape index (κ3) is 6.83. The van der Waals surface area contributed by atoms with Gasteiger partial charge in [-0.3, -0.25) is 0 Å². The summed E-state index contributed by atoms with van der Waals surface area (Å²) < 4.78 is 32.8. The van der Waals surface area contributed by atoms with Crippen LogP contribution < -0.4 is 0 Å². The van der Waals surface area contributed by atoms with E-state index in [1.807, 2.05) is 19.1 Å². The summed E-state index contributed by atoms with van der Waals surface area (Å²) in [4.78, 5) is 0. The molecule has 1 nitrogen and oxygen atoms in total. The molecule has 0 aliphatic heterocycles. The lowest BCUT2D eigenvalue weighted by atomic mass is 9.77. The quantitative estimate of drug-likeness (QED) is 0.408. The van der Waals surface area contributed by atoms with Crippen molar-refractivity contribution in [1.29, 1.82) is 0 Å². The van der Waals surface area contributed by atoms with E-state index in [1.54, 1.807) is 0 Å². The van der Waals surface area contributed by atoms with Gasteiger partial charge in [-0.15, -0.1) is 0 Å². The maximum Gasteiger partial charge on any atom is 0.264 e. The zero-order chi connectivity index (χ0) is 18.8. The molecule has 26 heavy (non-hydrogen) atoms. The largest absolute Gasteiger partial charge is 0.367 e. The summed E-state index contributed by atoms with van der Waals surface area (Å²) in [6, 6.07) is 8.17. The van der Waals surface area contributed by atoms with E-state index in [4.69, 9.17) is 4.74 Å². The monoisotopic (exact) mass is 364 g/mol. The highest BCUT2D eigenvalue weighted by molar-refractivity contribution is 5.22. The third-order valence-electron chi connectivity index (χ3n) is 5.59. The first-order valence-corrected chi connectivity index (χ1v) is 10.2. The lowest BCUT2D eigenvalue weighted by Gasteiger charge is -2.33. The minimum absolute atomic E-state index is 0.00710. The van der Waals surface area contributed by atoms with Crippen molar-refractivity contribution >= 4 is 0 Å². The normalized spacial score (nSPS) is 22.2. The molecule has 0 bridgehead atoms. The van der Waals surface area contributed by atoms with Crippen LogP contribution in [-0.2, 0) is 17.8 Å². The topological polar surface area (TPSA) is 9.23 Å². The minimum Gasteiger partial charge on any atom is -0.367 e. The van der Waals surface area contributed by atoms with E-state index in [2.05, 4.69) is 31.2 Å². The Morgan fingerprint density at radius 3 is 2.31 bits per heavy atom. The fourth-order valence-electron chi connectivity index (χ4n) is 4.00. The van der Waals surface area contributed by atoms with Crippen molar-refractivity contribution in [2.45, 2.75) is 84.4 Å². The van der Waals surface area contributed by atoms with E-state index >= 15 is 0 Å². The van der Waals surface area contributed by atoms with E-state index in [-0.39, 0.29) is 12.5 Å². The van der Waals surface area contributed by atoms with Crippen LogP contribution in [0.4, 0.5) is 8.78 Å². The maximum absolute atomic E-state index is 13.6. The van der Waals surface area contributed by atoms with Crippen molar-refractivity contribution in [3.05, 3.63) is 47.5 Å². The lowest BCUT2D eigenvalue weighted by Crippen LogP contribution is -2.34. The molecule has 0 N–H and O–H groups in total. The fourth-order valence-corrected chi connectivity index (χ4v) is 4.00. The highest BCUT2D eigenvalue weighted by Crippen LogP contribution is 2.36. The first-order chi connectivity index (χ1) is 12.6. The van der Waals surface area contributed by atoms with Gasteiger partial charge < -0.3 is 4.74 Å². The summed E-state index contributed by atoms with van der Waals surface area (Å²) in [5, 5.41) is 0. The van der Waals surface area contributed by atoms with Gasteiger partial charge in [0, 0.05) is 0 Å². The number of hydrogen-bond acceptors (Lipinski definition) is 1. The van der Waals surface area contributed by atoms with Crippen molar-refractivity contribution in [2.24, 2.45) is 11.8 Å². The van der Waals surface area contributed by atoms with Gasteiger partial charge in [0.05, 0.1) is 6.61 Å². The second kappa shape index (κ2) is 11.5. The highest BCUT2D eigenvalue weighted by Gasteiger charge is 2.33. The minimum atomic E-state index is -2.40. The molecule has 0 aromatic heterocycles. The molecule has 1 aromatic carbocycles. The number of allylic oxidation sites excluding steroid dienone is 2. The first-order valence-electron chi connectivity index (χ1n) is 10.2. The summed E-state index contributed by atoms with van der Waals surface area (Å²) in [6.07, 6.45) is 9.25. The molecule has 1 atom stereocenters. The summed E-state index contributed by atoms with van der Waals surface area (Å²) in [5.74, 6) is 0.680. The molecule has 1 fully saturated rings. The number of halogens is 2. The highest BCUT2D eigenvalue weighted by atomic mass is 19.3. The van der Waals surface area contributed by atoms with E-state index < -0.39 is 12.5 Å². The Balaban J connectivity index is 1.81. The molecule has 1 saturated carbocycles. The van der Waals surface area contributed by atoms with E-state index in [0.29, 0.717) is 5.92 Å². The van der Waals surface area contributed by atoms with Gasteiger partial charge in [0.15, 0.2) is 0 Å². The molecule has 146 valence electrons. The molecule has 0 spiro atoms. The molecule has 1 aliphatic carbocycles. The summed E-state index contributed by atoms with van der Waals surface area (Å²) in [7, 11) is 0. The molecule has 1 aliphatic rings. The van der Waals surface area contributed by atoms with Crippen LogP contribution in [-0.4, -0.2) is 12.5 Å². The standard InChI is InChI=1S/C23H34F2O/c1-3-5-6-8-19-13-15-21(16-14-19)22(23(24)25)26-17-20-11-9-18(7-4-2)10-12-20/h3,5,9-12,19,21-23H,4,6-8,13-17H2,1-2H3/b5-3+. The van der Waals surface area contributed by atoms with Crippen molar-refractivity contribution in [3.8, 4) is 0 Å². The molecular weight excluding hydrogens is 330 g/mol. The molecular formula is C23H34F2O. The smallest absolute Gasteiger partial charge is 0.264 e. The number of alkyl halides is 2. The number of hydrogen-bond donors (Lipinski definition) is 0. The third-order valence-corrected chi connectivity index (χ3v) is 5.59. The van der Waals surface area contributed by atoms with E-state index in [0.717, 1.165) is 50.5 Å². The zero-order valence-electron chi connectivity index (χ0n) is 16.3. The number of rotatable bonds is 10. The summed E-state index contributed by atoms with van der Waals surface area (Å²) in [5.41, 5.74) is 2.27. The predicted molar refractivity (Wildman–Crippen MR) is 105 cm³/mol. The Morgan fingerprint density at radius 1 is 1.08 bits per heavy atom. The van der Waals surface area contributed by atoms with Crippen LogP contribution in [0.3, 0.4) is 0 Å². The Labute approximate surface area is 157 Å². The van der Waals surface area contributed by atoms with Crippen LogP contribution in [0.2, 0.25) is 0 Å². The lowest BCUT2D eigenvalue weighted by molar-refractivity contribution is -0.102. The molecule has 0 amide bonds. The number of benzene rings is 1. The van der Waals surface area contributed by atoms with Gasteiger partial charge in [-0.25, -0.2) is 8.78 Å². The van der Waals surface area contributed by atoms with Crippen LogP contribution in [0.1, 0.15) is 69.9 Å². The second-order valence-corrected chi connectivity index (χ2v) is 7.60. The van der Waals surface area contributed by atoms with Crippen molar-refractivity contribution < 1.29 is 13.5 Å². The first kappa shape index (κ1) is 21.1. The molecule has 0 radical (unpaired) electrons. The summed E-state index contributed by atoms with van der Waals surface area (Å²) in [6.45, 7) is 4.47. The SMILES string of the molecule is C/C=C/CCC1CCC(C(OCc2ccc(CCC)cc2)C(F)F)CC1. The van der Waals surface area contributed by atoms with Gasteiger partial charge in [0.1, 0.15) is 6.10 Å². The van der Waals surface area contributed by atoms with Gasteiger partial charge >= 0.3 is 0 Å². The van der Waals surface area contributed by atoms with Crippen LogP contribution in [0.5, 0.6) is 0 Å². The van der Waals surface area contributed by atoms with Gasteiger partial charge in [-0.1, -0.05) is 62.6 Å². The van der Waals surface area contributed by atoms with Gasteiger partial charge in [0.25, 0.3) is 6.43 Å². The van der Waals surface area contributed by atoms with Gasteiger partial charge in [0.2, 0.25) is 0 Å². The van der Waals surface area contributed by atoms with Crippen molar-refractivity contribution in [2.75, 3.05) is 0 Å². The van der Waals surface area contributed by atoms with Gasteiger partial charge in [-0.05, 0) is 62.0 Å². The molecule has 2 rings (SSSR count). The van der Waals surface area contributed by atoms with Crippen LogP contribution in [0, 0.1) is 11.8 Å². The summed E-state index contributed by atoms with van der Waals surface area (Å²) >= 11 is 0. The fraction of sp³-hybridized carbons (Fsp3) is 0.652. The average molecular weight is 365 g/mol. The zero-order valence-corrected chi connectivity index (χ0v) is 16.3. The molecule has 1 unspecified atom stereocenters. The van der Waals surface area contributed by atoms with Gasteiger partial charge in [-0.2, -0.15) is 0 Å². The van der Waals surface area contributed by atoms with E-state index in [9.17, 15) is 8.78 Å². The average Bonchev–Trinajstić information content (AvgIpc) is 2.64. The Kier molecular flexibility index (Phi) is 9.31. The molecule has 0 saturated heterocycles. The van der Waals surface area contributed by atoms with Crippen LogP contribution in [0.25, 0.3) is 0 Å². The maximum atomic E-state index is 13.6. The second-order valence-electron chi connectivity index (χ2n) is 7.60. The molecule has 0 heterocycles. The number of ether oxygens (including phenoxy) is 1.